The van der Waals surface area contributed by atoms with Crippen LogP contribution in [-0.2, 0) is 9.53 Å². The van der Waals surface area contributed by atoms with E-state index in [1.807, 2.05) is 25.3 Å². The number of primary amides is 1. The molecular weight excluding hydrogens is 474 g/mol. The number of aromatic nitrogens is 2. The Kier molecular flexibility index (Phi) is 6.21. The van der Waals surface area contributed by atoms with Crippen LogP contribution in [0.15, 0.2) is 29.6 Å². The molecule has 0 radical (unpaired) electrons. The molecule has 36 heavy (non-hydrogen) atoms. The van der Waals surface area contributed by atoms with Gasteiger partial charge in [0.25, 0.3) is 0 Å². The molecule has 3 saturated heterocycles. The van der Waals surface area contributed by atoms with Crippen molar-refractivity contribution in [3.63, 3.8) is 0 Å². The van der Waals surface area contributed by atoms with Crippen molar-refractivity contribution in [2.75, 3.05) is 37.1 Å². The van der Waals surface area contributed by atoms with Crippen molar-refractivity contribution in [1.29, 1.82) is 0 Å². The number of nitrogens with two attached hydrogens (primary N) is 1. The molecule has 0 saturated carbocycles. The number of hydrogen-bond acceptors (Lipinski definition) is 8. The van der Waals surface area contributed by atoms with Gasteiger partial charge in [-0.05, 0) is 44.6 Å². The molecule has 3 unspecified atom stereocenters. The molecule has 3 aliphatic heterocycles. The van der Waals surface area contributed by atoms with E-state index in [-0.39, 0.29) is 11.8 Å². The molecule has 6 rings (SSSR count). The fourth-order valence-electron chi connectivity index (χ4n) is 6.36. The number of ether oxygens (including phenoxy) is 2. The fraction of sp³-hybridized carbons (Fsp3) is 0.519. The molecule has 5 heterocycles. The van der Waals surface area contributed by atoms with Gasteiger partial charge in [0.1, 0.15) is 16.4 Å². The van der Waals surface area contributed by atoms with Gasteiger partial charge in [-0.2, -0.15) is 4.98 Å². The first kappa shape index (κ1) is 23.5. The number of amides is 1. The highest BCUT2D eigenvalue weighted by molar-refractivity contribution is 7.17. The summed E-state index contributed by atoms with van der Waals surface area (Å²) >= 11 is 1.64. The molecule has 190 valence electrons. The van der Waals surface area contributed by atoms with Crippen molar-refractivity contribution in [1.82, 2.24) is 9.97 Å². The lowest BCUT2D eigenvalue weighted by atomic mass is 9.97. The lowest BCUT2D eigenvalue weighted by molar-refractivity contribution is -0.122. The summed E-state index contributed by atoms with van der Waals surface area (Å²) < 4.78 is 11.5. The highest BCUT2D eigenvalue weighted by Gasteiger charge is 2.43. The van der Waals surface area contributed by atoms with E-state index in [0.29, 0.717) is 30.7 Å². The molecule has 0 aliphatic carbocycles. The maximum atomic E-state index is 12.0. The summed E-state index contributed by atoms with van der Waals surface area (Å²) in [6, 6.07) is 8.93. The van der Waals surface area contributed by atoms with Crippen molar-refractivity contribution < 1.29 is 14.3 Å². The van der Waals surface area contributed by atoms with Crippen molar-refractivity contribution in [3.8, 4) is 16.9 Å². The zero-order valence-electron chi connectivity index (χ0n) is 20.9. The molecule has 0 spiro atoms. The number of benzene rings is 1. The number of para-hydroxylation sites is 1. The minimum absolute atomic E-state index is 0.164. The Morgan fingerprint density at radius 3 is 2.58 bits per heavy atom. The van der Waals surface area contributed by atoms with Crippen LogP contribution in [0, 0.1) is 5.92 Å². The van der Waals surface area contributed by atoms with Gasteiger partial charge in [-0.1, -0.05) is 18.2 Å². The smallest absolute Gasteiger partial charge is 0.228 e. The summed E-state index contributed by atoms with van der Waals surface area (Å²) in [7, 11) is 3.54. The molecule has 2 bridgehead atoms. The first-order valence-corrected chi connectivity index (χ1v) is 13.7. The number of hydrogen-bond donors (Lipinski definition) is 1. The predicted molar refractivity (Wildman–Crippen MR) is 143 cm³/mol. The summed E-state index contributed by atoms with van der Waals surface area (Å²) in [6.07, 6.45) is 6.34. The van der Waals surface area contributed by atoms with Crippen LogP contribution in [-0.4, -0.2) is 61.4 Å². The highest BCUT2D eigenvalue weighted by atomic mass is 32.1. The first-order valence-electron chi connectivity index (χ1n) is 12.9. The van der Waals surface area contributed by atoms with Crippen LogP contribution < -0.4 is 20.3 Å². The van der Waals surface area contributed by atoms with Crippen LogP contribution in [0.2, 0.25) is 0 Å². The van der Waals surface area contributed by atoms with E-state index in [9.17, 15) is 4.79 Å². The Hall–Kier alpha value is -2.91. The lowest BCUT2D eigenvalue weighted by Gasteiger charge is -2.40. The van der Waals surface area contributed by atoms with Gasteiger partial charge in [-0.3, -0.25) is 4.79 Å². The van der Waals surface area contributed by atoms with Gasteiger partial charge in [-0.15, -0.1) is 11.3 Å². The van der Waals surface area contributed by atoms with Crippen LogP contribution >= 0.6 is 11.3 Å². The van der Waals surface area contributed by atoms with Crippen LogP contribution in [0.3, 0.4) is 0 Å². The van der Waals surface area contributed by atoms with E-state index in [2.05, 4.69) is 21.2 Å². The zero-order valence-corrected chi connectivity index (χ0v) is 21.7. The molecule has 3 fully saturated rings. The van der Waals surface area contributed by atoms with Gasteiger partial charge in [0.05, 0.1) is 24.5 Å². The molecular formula is C27H33N5O3S. The molecule has 3 aromatic rings. The molecule has 3 aliphatic rings. The minimum atomic E-state index is -0.240. The van der Waals surface area contributed by atoms with Crippen LogP contribution in [0.5, 0.6) is 5.75 Å². The van der Waals surface area contributed by atoms with Crippen molar-refractivity contribution >= 4 is 39.2 Å². The largest absolute Gasteiger partial charge is 0.496 e. The Balaban J connectivity index is 1.50. The van der Waals surface area contributed by atoms with Crippen molar-refractivity contribution in [2.24, 2.45) is 11.7 Å². The summed E-state index contributed by atoms with van der Waals surface area (Å²) in [5.74, 6) is 2.14. The van der Waals surface area contributed by atoms with E-state index >= 15 is 0 Å². The maximum absolute atomic E-state index is 12.0. The number of nitrogens with zero attached hydrogens (tertiary/aromatic N) is 4. The number of rotatable bonds is 6. The van der Waals surface area contributed by atoms with E-state index in [0.717, 1.165) is 78.0 Å². The SMILES string of the molecule is COc1ccccc1-c1csc2nc(N3CCCC(C(N)=O)C3)nc(N3C4CCC3CC(OC)C4)c12. The van der Waals surface area contributed by atoms with Gasteiger partial charge in [-0.25, -0.2) is 4.98 Å². The Bertz CT molecular complexity index is 1270. The molecule has 2 N–H and O–H groups in total. The average Bonchev–Trinajstić information content (AvgIpc) is 3.45. The van der Waals surface area contributed by atoms with E-state index in [1.165, 1.54) is 0 Å². The molecule has 3 atom stereocenters. The number of thiophene rings is 1. The average molecular weight is 508 g/mol. The second-order valence-electron chi connectivity index (χ2n) is 10.2. The van der Waals surface area contributed by atoms with Crippen molar-refractivity contribution in [3.05, 3.63) is 29.6 Å². The van der Waals surface area contributed by atoms with Gasteiger partial charge in [0.15, 0.2) is 0 Å². The Morgan fingerprint density at radius 2 is 1.86 bits per heavy atom. The fourth-order valence-corrected chi connectivity index (χ4v) is 7.29. The summed E-state index contributed by atoms with van der Waals surface area (Å²) in [6.45, 7) is 1.40. The van der Waals surface area contributed by atoms with Gasteiger partial charge in [0.2, 0.25) is 11.9 Å². The second-order valence-corrected chi connectivity index (χ2v) is 11.0. The lowest BCUT2D eigenvalue weighted by Crippen LogP contribution is -2.46. The summed E-state index contributed by atoms with van der Waals surface area (Å²) in [5.41, 5.74) is 7.83. The maximum Gasteiger partial charge on any atom is 0.228 e. The van der Waals surface area contributed by atoms with E-state index in [4.69, 9.17) is 25.2 Å². The van der Waals surface area contributed by atoms with Gasteiger partial charge >= 0.3 is 0 Å². The summed E-state index contributed by atoms with van der Waals surface area (Å²) in [4.78, 5) is 27.9. The van der Waals surface area contributed by atoms with Crippen LogP contribution in [0.4, 0.5) is 11.8 Å². The quantitative estimate of drug-likeness (QED) is 0.534. The first-order chi connectivity index (χ1) is 17.6. The number of carbonyl (C=O) groups excluding carboxylic acids is 1. The third kappa shape index (κ3) is 3.98. The molecule has 1 aromatic carbocycles. The van der Waals surface area contributed by atoms with Gasteiger partial charge < -0.3 is 25.0 Å². The Morgan fingerprint density at radius 1 is 1.08 bits per heavy atom. The Labute approximate surface area is 215 Å². The standard InChI is InChI=1S/C27H33N5O3S/c1-34-19-12-17-9-10-18(13-19)32(17)25-23-21(20-7-3-4-8-22(20)35-2)15-36-26(23)30-27(29-25)31-11-5-6-16(14-31)24(28)33/h3-4,7-8,15-19H,5-6,9-14H2,1-2H3,(H2,28,33). The minimum Gasteiger partial charge on any atom is -0.496 e. The molecule has 1 amide bonds. The van der Waals surface area contributed by atoms with Crippen molar-refractivity contribution in [2.45, 2.75) is 56.7 Å². The number of carbonyl (C=O) groups is 1. The van der Waals surface area contributed by atoms with E-state index in [1.54, 1.807) is 18.4 Å². The number of piperidine rings is 2. The molecule has 2 aromatic heterocycles. The third-order valence-corrected chi connectivity index (χ3v) is 9.05. The highest BCUT2D eigenvalue weighted by Crippen LogP contribution is 2.47. The third-order valence-electron chi connectivity index (χ3n) is 8.17. The topological polar surface area (TPSA) is 93.8 Å². The predicted octanol–water partition coefficient (Wildman–Crippen LogP) is 4.21. The number of methoxy groups -OCH3 is 2. The second kappa shape index (κ2) is 9.52. The normalized spacial score (nSPS) is 25.9. The van der Waals surface area contributed by atoms with Crippen LogP contribution in [0.25, 0.3) is 21.3 Å². The monoisotopic (exact) mass is 507 g/mol. The zero-order chi connectivity index (χ0) is 24.8. The summed E-state index contributed by atoms with van der Waals surface area (Å²) in [5, 5.41) is 3.26. The molecule has 9 heteroatoms. The van der Waals surface area contributed by atoms with E-state index < -0.39 is 0 Å². The number of fused-ring (bicyclic) bond motifs is 3. The molecule has 8 nitrogen and oxygen atoms in total. The number of anilines is 2. The van der Waals surface area contributed by atoms with Gasteiger partial charge in [0, 0.05) is 48.8 Å². The van der Waals surface area contributed by atoms with Crippen LogP contribution in [0.1, 0.15) is 38.5 Å².